The molecule has 1 rings (SSSR count). The smallest absolute Gasteiger partial charge is 0.197 e. The Hall–Kier alpha value is -0.940. The van der Waals surface area contributed by atoms with Crippen molar-refractivity contribution in [3.63, 3.8) is 0 Å². The summed E-state index contributed by atoms with van der Waals surface area (Å²) in [4.78, 5) is 11.6. The van der Waals surface area contributed by atoms with Gasteiger partial charge in [-0.1, -0.05) is 30.7 Å². The highest BCUT2D eigenvalue weighted by atomic mass is 35.5. The van der Waals surface area contributed by atoms with Gasteiger partial charge in [-0.25, -0.2) is 12.8 Å². The van der Waals surface area contributed by atoms with Gasteiger partial charge in [-0.15, -0.1) is 0 Å². The summed E-state index contributed by atoms with van der Waals surface area (Å²) in [6.07, 6.45) is 0. The number of hydrogen-bond acceptors (Lipinski definition) is 3. The highest BCUT2D eigenvalue weighted by molar-refractivity contribution is 7.94. The van der Waals surface area contributed by atoms with Gasteiger partial charge >= 0.3 is 0 Å². The molecule has 6 heteroatoms. The molecule has 0 spiro atoms. The van der Waals surface area contributed by atoms with Crippen LogP contribution in [0, 0.1) is 5.82 Å². The maximum absolute atomic E-state index is 12.8. The molecule has 1 aromatic rings. The molecule has 0 saturated carbocycles. The summed E-state index contributed by atoms with van der Waals surface area (Å²) >= 11 is 5.55. The van der Waals surface area contributed by atoms with Crippen molar-refractivity contribution in [1.82, 2.24) is 0 Å². The lowest BCUT2D eigenvalue weighted by Crippen LogP contribution is -2.26. The van der Waals surface area contributed by atoms with Crippen LogP contribution in [0.15, 0.2) is 24.3 Å². The summed E-state index contributed by atoms with van der Waals surface area (Å²) in [6.45, 7) is 1.39. The predicted molar refractivity (Wildman–Crippen MR) is 59.8 cm³/mol. The Labute approximate surface area is 98.1 Å². The van der Waals surface area contributed by atoms with Gasteiger partial charge in [0, 0.05) is 11.3 Å². The van der Waals surface area contributed by atoms with Gasteiger partial charge in [0.05, 0.1) is 0 Å². The largest absolute Gasteiger partial charge is 0.291 e. The fourth-order valence-corrected chi connectivity index (χ4v) is 2.34. The molecule has 0 aromatic heterocycles. The van der Waals surface area contributed by atoms with E-state index in [4.69, 9.17) is 11.6 Å². The van der Waals surface area contributed by atoms with Crippen molar-refractivity contribution in [1.29, 1.82) is 0 Å². The van der Waals surface area contributed by atoms with Crippen LogP contribution in [-0.2, 0) is 9.84 Å². The minimum Gasteiger partial charge on any atom is -0.291 e. The molecule has 0 aliphatic heterocycles. The van der Waals surface area contributed by atoms with E-state index in [2.05, 4.69) is 0 Å². The van der Waals surface area contributed by atoms with Crippen molar-refractivity contribution in [3.05, 3.63) is 35.6 Å². The molecule has 3 nitrogen and oxygen atoms in total. The standard InChI is InChI=1S/C10H10ClFO3S/c1-2-16(14,15)10(11)9(13)7-4-3-5-8(12)6-7/h3-6,10H,2H2,1H3. The zero-order chi connectivity index (χ0) is 12.3. The van der Waals surface area contributed by atoms with Crippen LogP contribution >= 0.6 is 11.6 Å². The van der Waals surface area contributed by atoms with Crippen LogP contribution in [0.25, 0.3) is 0 Å². The molecule has 1 atom stereocenters. The summed E-state index contributed by atoms with van der Waals surface area (Å²) in [5.41, 5.74) is -0.0444. The minimum atomic E-state index is -3.66. The molecule has 0 amide bonds. The Morgan fingerprint density at radius 1 is 1.50 bits per heavy atom. The van der Waals surface area contributed by atoms with Gasteiger partial charge in [0.25, 0.3) is 0 Å². The number of carbonyl (C=O) groups excluding carboxylic acids is 1. The summed E-state index contributed by atoms with van der Waals surface area (Å²) < 4.78 is 33.9. The number of ketones is 1. The first kappa shape index (κ1) is 13.1. The molecule has 88 valence electrons. The summed E-state index contributed by atoms with van der Waals surface area (Å²) in [7, 11) is -3.66. The van der Waals surface area contributed by atoms with Crippen LogP contribution in [0.5, 0.6) is 0 Å². The molecule has 16 heavy (non-hydrogen) atoms. The third-order valence-electron chi connectivity index (χ3n) is 2.03. The Morgan fingerprint density at radius 3 is 2.62 bits per heavy atom. The lowest BCUT2D eigenvalue weighted by Gasteiger charge is -2.08. The summed E-state index contributed by atoms with van der Waals surface area (Å²) in [6, 6.07) is 4.77. The van der Waals surface area contributed by atoms with Crippen LogP contribution in [0.4, 0.5) is 4.39 Å². The molecule has 0 aliphatic carbocycles. The Balaban J connectivity index is 3.04. The zero-order valence-corrected chi connectivity index (χ0v) is 10.1. The van der Waals surface area contributed by atoms with E-state index in [0.717, 1.165) is 12.1 Å². The van der Waals surface area contributed by atoms with Crippen LogP contribution in [0.1, 0.15) is 17.3 Å². The van der Waals surface area contributed by atoms with Gasteiger partial charge in [-0.2, -0.15) is 0 Å². The van der Waals surface area contributed by atoms with Gasteiger partial charge in [0.1, 0.15) is 5.82 Å². The Kier molecular flexibility index (Phi) is 4.04. The van der Waals surface area contributed by atoms with E-state index in [0.29, 0.717) is 0 Å². The number of alkyl halides is 1. The maximum atomic E-state index is 12.8. The molecular weight excluding hydrogens is 255 g/mol. The van der Waals surface area contributed by atoms with Gasteiger partial charge in [0.2, 0.25) is 0 Å². The van der Waals surface area contributed by atoms with Crippen molar-refractivity contribution in [2.75, 3.05) is 5.75 Å². The lowest BCUT2D eigenvalue weighted by molar-refractivity contribution is 0.101. The second-order valence-corrected chi connectivity index (χ2v) is 6.21. The maximum Gasteiger partial charge on any atom is 0.197 e. The zero-order valence-electron chi connectivity index (χ0n) is 8.48. The highest BCUT2D eigenvalue weighted by Gasteiger charge is 2.29. The van der Waals surface area contributed by atoms with Crippen molar-refractivity contribution in [3.8, 4) is 0 Å². The summed E-state index contributed by atoms with van der Waals surface area (Å²) in [5.74, 6) is -1.64. The van der Waals surface area contributed by atoms with E-state index >= 15 is 0 Å². The molecule has 0 aliphatic rings. The summed E-state index contributed by atoms with van der Waals surface area (Å²) in [5, 5.41) is 0. The number of Topliss-reactive ketones (excluding diaryl/α,β-unsaturated/α-hetero) is 1. The van der Waals surface area contributed by atoms with Crippen LogP contribution in [0.2, 0.25) is 0 Å². The van der Waals surface area contributed by atoms with E-state index in [1.807, 2.05) is 0 Å². The molecule has 1 unspecified atom stereocenters. The number of benzene rings is 1. The fraction of sp³-hybridized carbons (Fsp3) is 0.300. The minimum absolute atomic E-state index is 0.0444. The lowest BCUT2D eigenvalue weighted by atomic mass is 10.1. The predicted octanol–water partition coefficient (Wildman–Crippen LogP) is 2.01. The van der Waals surface area contributed by atoms with Crippen LogP contribution in [-0.4, -0.2) is 24.7 Å². The molecule has 0 radical (unpaired) electrons. The Morgan fingerprint density at radius 2 is 2.12 bits per heavy atom. The first-order valence-corrected chi connectivity index (χ1v) is 6.69. The molecule has 0 saturated heterocycles. The number of carbonyl (C=O) groups is 1. The van der Waals surface area contributed by atoms with Crippen molar-refractivity contribution in [2.45, 2.75) is 11.6 Å². The van der Waals surface area contributed by atoms with Gasteiger partial charge in [-0.3, -0.25) is 4.79 Å². The van der Waals surface area contributed by atoms with E-state index in [-0.39, 0.29) is 11.3 Å². The van der Waals surface area contributed by atoms with Crippen LogP contribution in [0.3, 0.4) is 0 Å². The average Bonchev–Trinajstić information content (AvgIpc) is 2.27. The quantitative estimate of drug-likeness (QED) is 0.617. The van der Waals surface area contributed by atoms with Crippen molar-refractivity contribution < 1.29 is 17.6 Å². The molecule has 0 bridgehead atoms. The van der Waals surface area contributed by atoms with E-state index in [1.54, 1.807) is 0 Å². The molecule has 0 heterocycles. The molecule has 0 N–H and O–H groups in total. The normalized spacial score (nSPS) is 13.4. The molecule has 1 aromatic carbocycles. The fourth-order valence-electron chi connectivity index (χ4n) is 1.08. The third-order valence-corrected chi connectivity index (χ3v) is 4.69. The van der Waals surface area contributed by atoms with E-state index < -0.39 is 26.1 Å². The topological polar surface area (TPSA) is 51.2 Å². The second-order valence-electron chi connectivity index (χ2n) is 3.14. The Bertz CT molecular complexity index is 499. The number of halogens is 2. The van der Waals surface area contributed by atoms with Gasteiger partial charge in [0.15, 0.2) is 20.3 Å². The monoisotopic (exact) mass is 264 g/mol. The van der Waals surface area contributed by atoms with E-state index in [1.165, 1.54) is 19.1 Å². The highest BCUT2D eigenvalue weighted by Crippen LogP contribution is 2.15. The van der Waals surface area contributed by atoms with Crippen molar-refractivity contribution >= 4 is 27.2 Å². The van der Waals surface area contributed by atoms with E-state index in [9.17, 15) is 17.6 Å². The third kappa shape index (κ3) is 2.80. The molecule has 0 fully saturated rings. The second kappa shape index (κ2) is 4.93. The van der Waals surface area contributed by atoms with Crippen molar-refractivity contribution in [2.24, 2.45) is 0 Å². The average molecular weight is 265 g/mol. The number of hydrogen-bond donors (Lipinski definition) is 0. The number of sulfone groups is 1. The van der Waals surface area contributed by atoms with Gasteiger partial charge in [-0.05, 0) is 12.1 Å². The van der Waals surface area contributed by atoms with Gasteiger partial charge < -0.3 is 0 Å². The number of rotatable bonds is 4. The molecular formula is C10H10ClFO3S. The van der Waals surface area contributed by atoms with Crippen LogP contribution < -0.4 is 0 Å². The first-order valence-electron chi connectivity index (χ1n) is 4.54. The first-order chi connectivity index (χ1) is 7.38. The SMILES string of the molecule is CCS(=O)(=O)C(Cl)C(=O)c1cccc(F)c1.